The fourth-order valence-corrected chi connectivity index (χ4v) is 3.58. The van der Waals surface area contributed by atoms with E-state index in [0.717, 1.165) is 5.56 Å². The maximum atomic E-state index is 13.2. The molecule has 1 amide bonds. The summed E-state index contributed by atoms with van der Waals surface area (Å²) in [4.78, 5) is 30.5. The molecule has 3 aromatic rings. The summed E-state index contributed by atoms with van der Waals surface area (Å²) in [7, 11) is 3.09. The number of carbonyl (C=O) groups is 1. The first-order valence-corrected chi connectivity index (χ1v) is 10.7. The van der Waals surface area contributed by atoms with Crippen LogP contribution >= 0.6 is 11.6 Å². The van der Waals surface area contributed by atoms with Crippen molar-refractivity contribution in [2.75, 3.05) is 20.8 Å². The van der Waals surface area contributed by atoms with Gasteiger partial charge in [-0.1, -0.05) is 17.7 Å². The fraction of sp³-hybridized carbons (Fsp3) is 0.292. The second-order valence-electron chi connectivity index (χ2n) is 7.34. The molecule has 0 unspecified atom stereocenters. The Labute approximate surface area is 196 Å². The first kappa shape index (κ1) is 24.3. The number of methoxy groups -OCH3 is 2. The average molecular weight is 472 g/mol. The minimum absolute atomic E-state index is 0.159. The number of rotatable bonds is 9. The first-order valence-electron chi connectivity index (χ1n) is 10.3. The van der Waals surface area contributed by atoms with Crippen LogP contribution in [0.15, 0.2) is 47.3 Å². The van der Waals surface area contributed by atoms with Gasteiger partial charge in [0.2, 0.25) is 5.91 Å². The van der Waals surface area contributed by atoms with Crippen LogP contribution in [-0.4, -0.2) is 41.4 Å². The lowest BCUT2D eigenvalue weighted by Gasteiger charge is -2.16. The van der Waals surface area contributed by atoms with Crippen molar-refractivity contribution in [2.24, 2.45) is 0 Å². The number of nitrogens with one attached hydrogen (secondary N) is 1. The van der Waals surface area contributed by atoms with E-state index in [4.69, 9.17) is 21.1 Å². The minimum atomic E-state index is -0.359. The number of aryl methyl sites for hydroxylation is 1. The number of halogens is 1. The Kier molecular flexibility index (Phi) is 8.08. The predicted molar refractivity (Wildman–Crippen MR) is 126 cm³/mol. The van der Waals surface area contributed by atoms with Crippen molar-refractivity contribution < 1.29 is 19.4 Å². The number of aromatic nitrogens is 2. The van der Waals surface area contributed by atoms with Gasteiger partial charge in [-0.15, -0.1) is 0 Å². The van der Waals surface area contributed by atoms with Crippen LogP contribution in [-0.2, 0) is 24.3 Å². The smallest absolute Gasteiger partial charge is 0.257 e. The molecule has 0 atom stereocenters. The third-order valence-electron chi connectivity index (χ3n) is 5.17. The van der Waals surface area contributed by atoms with Crippen LogP contribution in [0, 0.1) is 6.92 Å². The third kappa shape index (κ3) is 5.71. The molecule has 33 heavy (non-hydrogen) atoms. The molecular weight excluding hydrogens is 446 g/mol. The van der Waals surface area contributed by atoms with Crippen LogP contribution in [0.4, 0.5) is 0 Å². The second kappa shape index (κ2) is 11.0. The van der Waals surface area contributed by atoms with Crippen LogP contribution in [0.1, 0.15) is 16.8 Å². The summed E-state index contributed by atoms with van der Waals surface area (Å²) in [5.74, 6) is 1.15. The highest BCUT2D eigenvalue weighted by atomic mass is 35.5. The monoisotopic (exact) mass is 471 g/mol. The zero-order chi connectivity index (χ0) is 24.0. The lowest BCUT2D eigenvalue weighted by Crippen LogP contribution is -2.35. The van der Waals surface area contributed by atoms with Gasteiger partial charge in [0.15, 0.2) is 11.5 Å². The molecule has 3 rings (SSSR count). The van der Waals surface area contributed by atoms with E-state index in [0.29, 0.717) is 39.2 Å². The molecule has 0 bridgehead atoms. The number of hydrogen-bond donors (Lipinski definition) is 2. The molecule has 9 heteroatoms. The van der Waals surface area contributed by atoms with Gasteiger partial charge in [-0.25, -0.2) is 4.98 Å². The summed E-state index contributed by atoms with van der Waals surface area (Å²) in [6.45, 7) is 1.54. The molecule has 0 saturated heterocycles. The van der Waals surface area contributed by atoms with E-state index < -0.39 is 0 Å². The number of amides is 1. The topological polar surface area (TPSA) is 103 Å². The van der Waals surface area contributed by atoms with E-state index in [1.54, 1.807) is 57.5 Å². The van der Waals surface area contributed by atoms with E-state index in [9.17, 15) is 14.7 Å². The van der Waals surface area contributed by atoms with Crippen molar-refractivity contribution in [3.63, 3.8) is 0 Å². The second-order valence-corrected chi connectivity index (χ2v) is 7.77. The Morgan fingerprint density at radius 1 is 1.12 bits per heavy atom. The van der Waals surface area contributed by atoms with Gasteiger partial charge in [0, 0.05) is 41.4 Å². The number of aliphatic hydroxyl groups excluding tert-OH is 1. The van der Waals surface area contributed by atoms with Crippen molar-refractivity contribution in [1.82, 2.24) is 14.9 Å². The number of aliphatic hydroxyl groups is 1. The molecule has 0 aliphatic carbocycles. The van der Waals surface area contributed by atoms with Crippen molar-refractivity contribution in [3.8, 4) is 22.9 Å². The maximum Gasteiger partial charge on any atom is 0.257 e. The fourth-order valence-electron chi connectivity index (χ4n) is 3.46. The molecule has 0 aliphatic heterocycles. The number of hydrogen-bond acceptors (Lipinski definition) is 6. The van der Waals surface area contributed by atoms with Crippen LogP contribution < -0.4 is 20.3 Å². The average Bonchev–Trinajstić information content (AvgIpc) is 2.82. The van der Waals surface area contributed by atoms with E-state index in [1.807, 2.05) is 6.07 Å². The highest BCUT2D eigenvalue weighted by molar-refractivity contribution is 6.30. The molecule has 1 aromatic heterocycles. The predicted octanol–water partition coefficient (Wildman–Crippen LogP) is 2.74. The normalized spacial score (nSPS) is 10.7. The van der Waals surface area contributed by atoms with Crippen molar-refractivity contribution >= 4 is 17.5 Å². The summed E-state index contributed by atoms with van der Waals surface area (Å²) < 4.78 is 11.8. The van der Waals surface area contributed by atoms with E-state index >= 15 is 0 Å². The molecule has 1 heterocycles. The maximum absolute atomic E-state index is 13.2. The molecule has 2 N–H and O–H groups in total. The van der Waals surface area contributed by atoms with Gasteiger partial charge < -0.3 is 19.9 Å². The van der Waals surface area contributed by atoms with Crippen LogP contribution in [0.5, 0.6) is 11.5 Å². The Hall–Kier alpha value is -3.36. The van der Waals surface area contributed by atoms with Crippen LogP contribution in [0.25, 0.3) is 11.4 Å². The number of carbonyl (C=O) groups excluding carboxylic acids is 1. The summed E-state index contributed by atoms with van der Waals surface area (Å²) in [6, 6.07) is 12.2. The zero-order valence-electron chi connectivity index (χ0n) is 18.7. The molecule has 0 aliphatic rings. The Morgan fingerprint density at radius 2 is 1.82 bits per heavy atom. The first-order chi connectivity index (χ1) is 15.9. The Morgan fingerprint density at radius 3 is 2.45 bits per heavy atom. The van der Waals surface area contributed by atoms with Crippen molar-refractivity contribution in [2.45, 2.75) is 26.4 Å². The molecular formula is C24H26ClN3O5. The summed E-state index contributed by atoms with van der Waals surface area (Å²) in [5, 5.41) is 12.7. The Bertz CT molecular complexity index is 1190. The largest absolute Gasteiger partial charge is 0.493 e. The van der Waals surface area contributed by atoms with Crippen LogP contribution in [0.3, 0.4) is 0 Å². The molecule has 0 radical (unpaired) electrons. The molecule has 2 aromatic carbocycles. The molecule has 0 spiro atoms. The van der Waals surface area contributed by atoms with Gasteiger partial charge in [0.1, 0.15) is 12.4 Å². The van der Waals surface area contributed by atoms with E-state index in [1.165, 1.54) is 4.57 Å². The van der Waals surface area contributed by atoms with Gasteiger partial charge in [0.25, 0.3) is 5.56 Å². The highest BCUT2D eigenvalue weighted by Gasteiger charge is 2.18. The van der Waals surface area contributed by atoms with Crippen LogP contribution in [0.2, 0.25) is 5.02 Å². The standard InChI is InChI=1S/C24H26ClN3O5/c1-15-19(10-11-29)24(31)28(23(27-15)17-5-7-18(25)8-6-17)14-22(30)26-13-16-4-9-20(32-2)21(12-16)33-3/h4-9,12,29H,10-11,13-14H2,1-3H3,(H,26,30). The number of benzene rings is 2. The molecule has 174 valence electrons. The minimum Gasteiger partial charge on any atom is -0.493 e. The van der Waals surface area contributed by atoms with Crippen molar-refractivity contribution in [1.29, 1.82) is 0 Å². The highest BCUT2D eigenvalue weighted by Crippen LogP contribution is 2.27. The summed E-state index contributed by atoms with van der Waals surface area (Å²) in [6.07, 6.45) is 0.159. The van der Waals surface area contributed by atoms with E-state index in [-0.39, 0.29) is 37.6 Å². The van der Waals surface area contributed by atoms with Gasteiger partial charge in [-0.3, -0.25) is 14.2 Å². The molecule has 0 fully saturated rings. The lowest BCUT2D eigenvalue weighted by molar-refractivity contribution is -0.121. The molecule has 0 saturated carbocycles. The SMILES string of the molecule is COc1ccc(CNC(=O)Cn2c(-c3ccc(Cl)cc3)nc(C)c(CCO)c2=O)cc1OC. The van der Waals surface area contributed by atoms with Gasteiger partial charge in [-0.2, -0.15) is 0 Å². The summed E-state index contributed by atoms with van der Waals surface area (Å²) >= 11 is 5.99. The molecule has 8 nitrogen and oxygen atoms in total. The third-order valence-corrected chi connectivity index (χ3v) is 5.42. The quantitative estimate of drug-likeness (QED) is 0.497. The summed E-state index contributed by atoms with van der Waals surface area (Å²) in [5.41, 5.74) is 2.00. The zero-order valence-corrected chi connectivity index (χ0v) is 19.5. The van der Waals surface area contributed by atoms with Gasteiger partial charge in [-0.05, 0) is 48.9 Å². The van der Waals surface area contributed by atoms with Gasteiger partial charge >= 0.3 is 0 Å². The van der Waals surface area contributed by atoms with E-state index in [2.05, 4.69) is 10.3 Å². The van der Waals surface area contributed by atoms with Gasteiger partial charge in [0.05, 0.1) is 14.2 Å². The Balaban J connectivity index is 1.88. The number of nitrogens with zero attached hydrogens (tertiary/aromatic N) is 2. The number of ether oxygens (including phenoxy) is 2. The van der Waals surface area contributed by atoms with Crippen molar-refractivity contribution in [3.05, 3.63) is 74.7 Å². The lowest BCUT2D eigenvalue weighted by atomic mass is 10.1.